The molecule has 1 unspecified atom stereocenters. The third-order valence-corrected chi connectivity index (χ3v) is 5.07. The van der Waals surface area contributed by atoms with Crippen LogP contribution >= 0.6 is 0 Å². The number of rotatable bonds is 4. The maximum Gasteiger partial charge on any atom is 0.315 e. The van der Waals surface area contributed by atoms with Crippen LogP contribution in [0.15, 0.2) is 24.3 Å². The molecule has 1 aliphatic carbocycles. The van der Waals surface area contributed by atoms with Crippen molar-refractivity contribution in [3.05, 3.63) is 64.5 Å². The van der Waals surface area contributed by atoms with Crippen molar-refractivity contribution < 1.29 is 36.2 Å². The minimum absolute atomic E-state index is 0.0490. The number of fused-ring (bicyclic) bond motifs is 1. The van der Waals surface area contributed by atoms with Gasteiger partial charge in [0.05, 0.1) is 13.5 Å². The molecule has 0 amide bonds. The van der Waals surface area contributed by atoms with Gasteiger partial charge in [-0.2, -0.15) is 8.78 Å². The number of allylic oxidation sites excluding steroid dienone is 1. The van der Waals surface area contributed by atoms with Crippen LogP contribution in [0.4, 0.5) is 22.0 Å². The maximum atomic E-state index is 13.8. The van der Waals surface area contributed by atoms with Crippen LogP contribution in [0.2, 0.25) is 0 Å². The second-order valence-electron chi connectivity index (χ2n) is 6.84. The van der Waals surface area contributed by atoms with Crippen molar-refractivity contribution >= 4 is 11.5 Å². The molecule has 0 aliphatic heterocycles. The van der Waals surface area contributed by atoms with Gasteiger partial charge in [0.25, 0.3) is 0 Å². The molecular formula is C21H17F5O3. The fraction of sp³-hybridized carbons (Fsp3) is 0.286. The molecule has 0 radical (unpaired) electrons. The van der Waals surface area contributed by atoms with Crippen LogP contribution < -0.4 is 9.47 Å². The Balaban J connectivity index is 1.92. The minimum atomic E-state index is -2.32. The summed E-state index contributed by atoms with van der Waals surface area (Å²) in [5.74, 6) is -13.1. The lowest BCUT2D eigenvalue weighted by Gasteiger charge is -2.28. The van der Waals surface area contributed by atoms with E-state index in [1.54, 1.807) is 12.1 Å². The second-order valence-corrected chi connectivity index (χ2v) is 6.84. The number of halogens is 5. The molecule has 8 heteroatoms. The van der Waals surface area contributed by atoms with E-state index in [-0.39, 0.29) is 11.8 Å². The van der Waals surface area contributed by atoms with Crippen molar-refractivity contribution in [1.29, 1.82) is 0 Å². The van der Waals surface area contributed by atoms with Gasteiger partial charge in [-0.05, 0) is 40.7 Å². The number of ether oxygens (including phenoxy) is 2. The van der Waals surface area contributed by atoms with Crippen molar-refractivity contribution in [3.8, 4) is 11.5 Å². The molecule has 2 aromatic carbocycles. The SMILES string of the molecule is COc1ccc2c(c1)C(CC(=O)Oc1c(F)c(F)c(F)c(F)c1F)=CC(C)[C@@H]2C. The van der Waals surface area contributed by atoms with Gasteiger partial charge in [0.15, 0.2) is 0 Å². The van der Waals surface area contributed by atoms with E-state index in [2.05, 4.69) is 4.74 Å². The van der Waals surface area contributed by atoms with Gasteiger partial charge in [-0.3, -0.25) is 4.79 Å². The summed E-state index contributed by atoms with van der Waals surface area (Å²) in [6.45, 7) is 3.95. The predicted octanol–water partition coefficient (Wildman–Crippen LogP) is 5.52. The molecule has 2 atom stereocenters. The summed E-state index contributed by atoms with van der Waals surface area (Å²) in [4.78, 5) is 12.3. The first-order valence-corrected chi connectivity index (χ1v) is 8.76. The topological polar surface area (TPSA) is 35.5 Å². The molecular weight excluding hydrogens is 395 g/mol. The van der Waals surface area contributed by atoms with Gasteiger partial charge < -0.3 is 9.47 Å². The fourth-order valence-electron chi connectivity index (χ4n) is 3.31. The number of carbonyl (C=O) groups excluding carboxylic acids is 1. The van der Waals surface area contributed by atoms with E-state index in [9.17, 15) is 26.7 Å². The zero-order valence-corrected chi connectivity index (χ0v) is 15.8. The van der Waals surface area contributed by atoms with Crippen LogP contribution in [0.1, 0.15) is 37.3 Å². The largest absolute Gasteiger partial charge is 0.497 e. The molecule has 0 spiro atoms. The minimum Gasteiger partial charge on any atom is -0.497 e. The summed E-state index contributed by atoms with van der Waals surface area (Å²) in [6, 6.07) is 5.35. The zero-order valence-electron chi connectivity index (χ0n) is 15.8. The average Bonchev–Trinajstić information content (AvgIpc) is 2.71. The van der Waals surface area contributed by atoms with Crippen LogP contribution in [0, 0.1) is 35.0 Å². The molecule has 3 rings (SSSR count). The van der Waals surface area contributed by atoms with Crippen molar-refractivity contribution in [2.75, 3.05) is 7.11 Å². The molecule has 1 aliphatic rings. The Hall–Kier alpha value is -2.90. The van der Waals surface area contributed by atoms with Gasteiger partial charge in [0, 0.05) is 0 Å². The van der Waals surface area contributed by atoms with Crippen molar-refractivity contribution in [1.82, 2.24) is 0 Å². The molecule has 2 aromatic rings. The normalized spacial score (nSPS) is 18.1. The molecule has 0 bridgehead atoms. The Kier molecular flexibility index (Phi) is 5.64. The molecule has 0 saturated carbocycles. The highest BCUT2D eigenvalue weighted by Gasteiger charge is 2.30. The van der Waals surface area contributed by atoms with E-state index < -0.39 is 47.2 Å². The van der Waals surface area contributed by atoms with E-state index in [0.29, 0.717) is 16.9 Å². The molecule has 3 nitrogen and oxygen atoms in total. The van der Waals surface area contributed by atoms with Gasteiger partial charge in [-0.1, -0.05) is 26.0 Å². The summed E-state index contributed by atoms with van der Waals surface area (Å²) >= 11 is 0. The van der Waals surface area contributed by atoms with E-state index in [1.165, 1.54) is 7.11 Å². The van der Waals surface area contributed by atoms with Gasteiger partial charge in [0.1, 0.15) is 5.75 Å². The summed E-state index contributed by atoms with van der Waals surface area (Å²) in [6.07, 6.45) is 1.39. The molecule has 154 valence electrons. The number of esters is 1. The van der Waals surface area contributed by atoms with Gasteiger partial charge in [0.2, 0.25) is 34.8 Å². The van der Waals surface area contributed by atoms with Crippen molar-refractivity contribution in [2.24, 2.45) is 5.92 Å². The van der Waals surface area contributed by atoms with Crippen LogP contribution in [0.3, 0.4) is 0 Å². The van der Waals surface area contributed by atoms with E-state index >= 15 is 0 Å². The number of hydrogen-bond acceptors (Lipinski definition) is 3. The third kappa shape index (κ3) is 3.71. The lowest BCUT2D eigenvalue weighted by molar-refractivity contribution is -0.133. The van der Waals surface area contributed by atoms with Crippen LogP contribution in [0.25, 0.3) is 5.57 Å². The van der Waals surface area contributed by atoms with Crippen LogP contribution in [-0.4, -0.2) is 13.1 Å². The standard InChI is InChI=1S/C21H17F5O3/c1-9-6-11(14-8-12(28-3)4-5-13(14)10(9)2)7-15(27)29-21-19(25)17(23)16(22)18(24)20(21)26/h4-6,8-10H,7H2,1-3H3/t9?,10-/m0/s1. The lowest BCUT2D eigenvalue weighted by Crippen LogP contribution is -2.17. The van der Waals surface area contributed by atoms with E-state index in [0.717, 1.165) is 5.56 Å². The number of hydrogen-bond donors (Lipinski definition) is 0. The maximum absolute atomic E-state index is 13.8. The van der Waals surface area contributed by atoms with Gasteiger partial charge >= 0.3 is 5.97 Å². The Bertz CT molecular complexity index is 987. The molecule has 0 aromatic heterocycles. The summed E-state index contributed by atoms with van der Waals surface area (Å²) in [5.41, 5.74) is 2.16. The van der Waals surface area contributed by atoms with Crippen molar-refractivity contribution in [3.63, 3.8) is 0 Å². The summed E-state index contributed by atoms with van der Waals surface area (Å²) in [5, 5.41) is 0. The molecule has 0 N–H and O–H groups in total. The first kappa shape index (κ1) is 20.8. The fourth-order valence-corrected chi connectivity index (χ4v) is 3.31. The highest BCUT2D eigenvalue weighted by molar-refractivity contribution is 5.88. The first-order chi connectivity index (χ1) is 13.6. The van der Waals surface area contributed by atoms with Gasteiger partial charge in [-0.15, -0.1) is 0 Å². The third-order valence-electron chi connectivity index (χ3n) is 5.07. The second kappa shape index (κ2) is 7.85. The molecule has 0 saturated heterocycles. The highest BCUT2D eigenvalue weighted by Crippen LogP contribution is 2.41. The molecule has 0 heterocycles. The summed E-state index contributed by atoms with van der Waals surface area (Å²) < 4.78 is 77.0. The Morgan fingerprint density at radius 1 is 0.966 bits per heavy atom. The average molecular weight is 412 g/mol. The quantitative estimate of drug-likeness (QED) is 0.218. The van der Waals surface area contributed by atoms with Crippen LogP contribution in [0.5, 0.6) is 11.5 Å². The highest BCUT2D eigenvalue weighted by atomic mass is 19.2. The monoisotopic (exact) mass is 412 g/mol. The number of carbonyl (C=O) groups is 1. The van der Waals surface area contributed by atoms with E-state index in [1.807, 2.05) is 26.0 Å². The van der Waals surface area contributed by atoms with Crippen molar-refractivity contribution in [2.45, 2.75) is 26.2 Å². The number of methoxy groups -OCH3 is 1. The smallest absolute Gasteiger partial charge is 0.315 e. The first-order valence-electron chi connectivity index (χ1n) is 8.76. The van der Waals surface area contributed by atoms with Crippen LogP contribution in [-0.2, 0) is 4.79 Å². The van der Waals surface area contributed by atoms with Gasteiger partial charge in [-0.25, -0.2) is 13.2 Å². The molecule has 0 fully saturated rings. The zero-order chi connectivity index (χ0) is 21.5. The Labute approximate surface area is 163 Å². The number of benzene rings is 2. The Morgan fingerprint density at radius 3 is 2.14 bits per heavy atom. The Morgan fingerprint density at radius 2 is 1.55 bits per heavy atom. The predicted molar refractivity (Wildman–Crippen MR) is 95.0 cm³/mol. The van der Waals surface area contributed by atoms with E-state index in [4.69, 9.17) is 4.74 Å². The lowest BCUT2D eigenvalue weighted by atomic mass is 9.77. The summed E-state index contributed by atoms with van der Waals surface area (Å²) in [7, 11) is 1.48. The molecule has 29 heavy (non-hydrogen) atoms.